The molecule has 0 fully saturated rings. The molecule has 0 aliphatic heterocycles. The highest BCUT2D eigenvalue weighted by molar-refractivity contribution is 5.92. The minimum absolute atomic E-state index is 0.125. The van der Waals surface area contributed by atoms with Gasteiger partial charge < -0.3 is 10.6 Å². The molecule has 6 heteroatoms. The fraction of sp³-hybridized carbons (Fsp3) is 0.105. The molecule has 1 aromatic heterocycles. The fourth-order valence-corrected chi connectivity index (χ4v) is 2.45. The first-order valence-corrected chi connectivity index (χ1v) is 7.87. The predicted octanol–water partition coefficient (Wildman–Crippen LogP) is 3.01. The van der Waals surface area contributed by atoms with Crippen LogP contribution in [0.25, 0.3) is 5.69 Å². The van der Waals surface area contributed by atoms with Crippen molar-refractivity contribution in [1.82, 2.24) is 9.78 Å². The third kappa shape index (κ3) is 4.32. The molecule has 0 spiro atoms. The summed E-state index contributed by atoms with van der Waals surface area (Å²) in [6, 6.07) is 18.5. The van der Waals surface area contributed by atoms with Gasteiger partial charge in [0.15, 0.2) is 0 Å². The Labute approximate surface area is 145 Å². The minimum atomic E-state index is -0.134. The maximum atomic E-state index is 12.3. The van der Waals surface area contributed by atoms with Crippen molar-refractivity contribution in [1.29, 1.82) is 0 Å². The highest BCUT2D eigenvalue weighted by Gasteiger charge is 2.09. The molecular formula is C19H18N4O2. The number of anilines is 2. The van der Waals surface area contributed by atoms with Gasteiger partial charge in [-0.1, -0.05) is 30.3 Å². The van der Waals surface area contributed by atoms with Gasteiger partial charge in [-0.3, -0.25) is 9.59 Å². The van der Waals surface area contributed by atoms with Gasteiger partial charge in [0.05, 0.1) is 18.3 Å². The van der Waals surface area contributed by atoms with E-state index in [9.17, 15) is 9.59 Å². The summed E-state index contributed by atoms with van der Waals surface area (Å²) in [6.07, 6.45) is 1.88. The predicted molar refractivity (Wildman–Crippen MR) is 96.6 cm³/mol. The number of carbonyl (C=O) groups excluding carboxylic acids is 2. The highest BCUT2D eigenvalue weighted by Crippen LogP contribution is 2.15. The van der Waals surface area contributed by atoms with Crippen molar-refractivity contribution in [2.75, 3.05) is 10.6 Å². The summed E-state index contributed by atoms with van der Waals surface area (Å²) >= 11 is 0. The van der Waals surface area contributed by atoms with Gasteiger partial charge in [0.2, 0.25) is 11.8 Å². The van der Waals surface area contributed by atoms with Crippen LogP contribution in [0.4, 0.5) is 11.5 Å². The number of amides is 2. The normalized spacial score (nSPS) is 10.3. The molecule has 6 nitrogen and oxygen atoms in total. The van der Waals surface area contributed by atoms with E-state index in [-0.39, 0.29) is 18.2 Å². The molecule has 25 heavy (non-hydrogen) atoms. The summed E-state index contributed by atoms with van der Waals surface area (Å²) in [5.41, 5.74) is 2.44. The molecule has 126 valence electrons. The van der Waals surface area contributed by atoms with Crippen LogP contribution in [0.1, 0.15) is 12.5 Å². The Bertz CT molecular complexity index is 870. The molecule has 0 radical (unpaired) electrons. The lowest BCUT2D eigenvalue weighted by Gasteiger charge is -2.09. The van der Waals surface area contributed by atoms with Gasteiger partial charge in [-0.15, -0.1) is 0 Å². The first-order chi connectivity index (χ1) is 12.1. The summed E-state index contributed by atoms with van der Waals surface area (Å²) in [4.78, 5) is 23.3. The second-order valence-electron chi connectivity index (χ2n) is 5.57. The maximum absolute atomic E-state index is 12.3. The van der Waals surface area contributed by atoms with E-state index in [2.05, 4.69) is 15.7 Å². The van der Waals surface area contributed by atoms with Crippen molar-refractivity contribution in [3.63, 3.8) is 0 Å². The van der Waals surface area contributed by atoms with Crippen LogP contribution in [-0.4, -0.2) is 21.6 Å². The van der Waals surface area contributed by atoms with E-state index in [1.54, 1.807) is 29.1 Å². The summed E-state index contributed by atoms with van der Waals surface area (Å²) < 4.78 is 1.68. The molecule has 2 N–H and O–H groups in total. The van der Waals surface area contributed by atoms with Gasteiger partial charge in [-0.2, -0.15) is 5.10 Å². The van der Waals surface area contributed by atoms with Crippen molar-refractivity contribution in [2.45, 2.75) is 13.3 Å². The second kappa shape index (κ2) is 7.44. The van der Waals surface area contributed by atoms with Gasteiger partial charge in [-0.25, -0.2) is 4.68 Å². The number of nitrogens with one attached hydrogen (secondary N) is 2. The van der Waals surface area contributed by atoms with Gasteiger partial charge >= 0.3 is 0 Å². The first-order valence-electron chi connectivity index (χ1n) is 7.87. The minimum Gasteiger partial charge on any atom is -0.326 e. The zero-order chi connectivity index (χ0) is 17.6. The van der Waals surface area contributed by atoms with E-state index in [1.165, 1.54) is 6.92 Å². The molecule has 1 heterocycles. The molecule has 0 saturated carbocycles. The number of hydrogen-bond acceptors (Lipinski definition) is 3. The van der Waals surface area contributed by atoms with Crippen LogP contribution in [0.3, 0.4) is 0 Å². The maximum Gasteiger partial charge on any atom is 0.229 e. The van der Waals surface area contributed by atoms with E-state index in [0.717, 1.165) is 11.3 Å². The largest absolute Gasteiger partial charge is 0.326 e. The zero-order valence-corrected chi connectivity index (χ0v) is 13.8. The van der Waals surface area contributed by atoms with E-state index in [4.69, 9.17) is 0 Å². The topological polar surface area (TPSA) is 76.0 Å². The van der Waals surface area contributed by atoms with E-state index >= 15 is 0 Å². The standard InChI is InChI=1S/C19H18N4O2/c1-14(24)21-16-9-7-15(8-10-16)13-19(25)22-18-11-12-20-23(18)17-5-3-2-4-6-17/h2-12H,13H2,1H3,(H,21,24)(H,22,25). The van der Waals surface area contributed by atoms with Crippen LogP contribution in [0.2, 0.25) is 0 Å². The van der Waals surface area contributed by atoms with Crippen LogP contribution in [-0.2, 0) is 16.0 Å². The third-order valence-corrected chi connectivity index (χ3v) is 3.55. The summed E-state index contributed by atoms with van der Waals surface area (Å²) in [7, 11) is 0. The summed E-state index contributed by atoms with van der Waals surface area (Å²) in [6.45, 7) is 1.46. The fourth-order valence-electron chi connectivity index (χ4n) is 2.45. The van der Waals surface area contributed by atoms with E-state index in [0.29, 0.717) is 11.5 Å². The molecule has 0 aliphatic carbocycles. The summed E-state index contributed by atoms with van der Waals surface area (Å²) in [5, 5.41) is 9.82. The number of hydrogen-bond donors (Lipinski definition) is 2. The van der Waals surface area contributed by atoms with Crippen molar-refractivity contribution in [3.8, 4) is 5.69 Å². The Hall–Kier alpha value is -3.41. The van der Waals surface area contributed by atoms with Crippen molar-refractivity contribution >= 4 is 23.3 Å². The first kappa shape index (κ1) is 16.4. The van der Waals surface area contributed by atoms with E-state index < -0.39 is 0 Å². The van der Waals surface area contributed by atoms with E-state index in [1.807, 2.05) is 42.5 Å². The number of para-hydroxylation sites is 1. The van der Waals surface area contributed by atoms with Gasteiger partial charge in [0.1, 0.15) is 5.82 Å². The van der Waals surface area contributed by atoms with Gasteiger partial charge in [0.25, 0.3) is 0 Å². The molecular weight excluding hydrogens is 316 g/mol. The number of carbonyl (C=O) groups is 2. The lowest BCUT2D eigenvalue weighted by atomic mass is 10.1. The lowest BCUT2D eigenvalue weighted by molar-refractivity contribution is -0.116. The molecule has 2 amide bonds. The SMILES string of the molecule is CC(=O)Nc1ccc(CC(=O)Nc2ccnn2-c2ccccc2)cc1. The third-order valence-electron chi connectivity index (χ3n) is 3.55. The quantitative estimate of drug-likeness (QED) is 0.753. The molecule has 0 saturated heterocycles. The van der Waals surface area contributed by atoms with Gasteiger partial charge in [0, 0.05) is 18.7 Å². The molecule has 0 aliphatic rings. The van der Waals surface area contributed by atoms with Crippen LogP contribution < -0.4 is 10.6 Å². The molecule has 3 aromatic rings. The number of rotatable bonds is 5. The second-order valence-corrected chi connectivity index (χ2v) is 5.57. The molecule has 0 atom stereocenters. The highest BCUT2D eigenvalue weighted by atomic mass is 16.2. The number of nitrogens with zero attached hydrogens (tertiary/aromatic N) is 2. The zero-order valence-electron chi connectivity index (χ0n) is 13.8. The van der Waals surface area contributed by atoms with Gasteiger partial charge in [-0.05, 0) is 29.8 Å². The Morgan fingerprint density at radius 1 is 0.960 bits per heavy atom. The van der Waals surface area contributed by atoms with Crippen LogP contribution in [0, 0.1) is 0 Å². The monoisotopic (exact) mass is 334 g/mol. The van der Waals surface area contributed by atoms with Crippen LogP contribution in [0.5, 0.6) is 0 Å². The van der Waals surface area contributed by atoms with Crippen molar-refractivity contribution in [3.05, 3.63) is 72.4 Å². The average Bonchev–Trinajstić information content (AvgIpc) is 3.05. The Kier molecular flexibility index (Phi) is 4.89. The van der Waals surface area contributed by atoms with Crippen LogP contribution >= 0.6 is 0 Å². The number of benzene rings is 2. The Morgan fingerprint density at radius 2 is 1.68 bits per heavy atom. The van der Waals surface area contributed by atoms with Crippen molar-refractivity contribution < 1.29 is 9.59 Å². The Balaban J connectivity index is 1.66. The smallest absolute Gasteiger partial charge is 0.229 e. The van der Waals surface area contributed by atoms with Crippen molar-refractivity contribution in [2.24, 2.45) is 0 Å². The van der Waals surface area contributed by atoms with Crippen LogP contribution in [0.15, 0.2) is 66.9 Å². The Morgan fingerprint density at radius 3 is 2.36 bits per heavy atom. The molecule has 0 unspecified atom stereocenters. The molecule has 2 aromatic carbocycles. The molecule has 3 rings (SSSR count). The average molecular weight is 334 g/mol. The summed E-state index contributed by atoms with van der Waals surface area (Å²) in [5.74, 6) is 0.357. The number of aromatic nitrogens is 2. The molecule has 0 bridgehead atoms. The lowest BCUT2D eigenvalue weighted by Crippen LogP contribution is -2.17.